The molecule has 0 atom stereocenters. The van der Waals surface area contributed by atoms with E-state index >= 15 is 0 Å². The lowest BCUT2D eigenvalue weighted by molar-refractivity contribution is 0.0239. The number of halogens is 3. The van der Waals surface area contributed by atoms with Crippen LogP contribution >= 0.6 is 34.8 Å². The van der Waals surface area contributed by atoms with E-state index < -0.39 is 29.0 Å². The minimum Gasteiger partial charge on any atom is -0.444 e. The lowest BCUT2D eigenvalue weighted by atomic mass is 10.1. The maximum Gasteiger partial charge on any atom is 0.412 e. The summed E-state index contributed by atoms with van der Waals surface area (Å²) in [6.07, 6.45) is 2.31. The van der Waals surface area contributed by atoms with Crippen LogP contribution in [0.25, 0.3) is 0 Å². The number of aromatic nitrogens is 4. The zero-order valence-electron chi connectivity index (χ0n) is 37.9. The highest BCUT2D eigenvalue weighted by Crippen LogP contribution is 2.27. The van der Waals surface area contributed by atoms with Crippen molar-refractivity contribution in [2.45, 2.75) is 85.5 Å². The van der Waals surface area contributed by atoms with Crippen molar-refractivity contribution in [2.24, 2.45) is 0 Å². The summed E-state index contributed by atoms with van der Waals surface area (Å²) in [6, 6.07) is 14.6. The first kappa shape index (κ1) is 51.3. The Bertz CT molecular complexity index is 2180. The Morgan fingerprint density at radius 2 is 1.14 bits per heavy atom. The van der Waals surface area contributed by atoms with Gasteiger partial charge in [-0.2, -0.15) is 4.98 Å². The first-order chi connectivity index (χ1) is 30.0. The van der Waals surface area contributed by atoms with E-state index in [0.717, 1.165) is 37.6 Å². The van der Waals surface area contributed by atoms with Crippen LogP contribution in [0.4, 0.5) is 43.1 Å². The lowest BCUT2D eigenvalue weighted by Gasteiger charge is -2.36. The number of benzene rings is 2. The van der Waals surface area contributed by atoms with Crippen molar-refractivity contribution in [3.8, 4) is 0 Å². The Hall–Kier alpha value is -5.36. The van der Waals surface area contributed by atoms with Gasteiger partial charge in [-0.25, -0.2) is 29.3 Å². The molecule has 2 aromatic carbocycles. The number of ether oxygens (including phenoxy) is 3. The summed E-state index contributed by atoms with van der Waals surface area (Å²) in [5.41, 5.74) is 6.77. The van der Waals surface area contributed by atoms with Crippen molar-refractivity contribution in [2.75, 3.05) is 78.5 Å². The minimum atomic E-state index is -0.559. The summed E-state index contributed by atoms with van der Waals surface area (Å²) in [6.45, 7) is 22.3. The smallest absolute Gasteiger partial charge is 0.412 e. The number of amides is 3. The average molecular weight is 945 g/mol. The van der Waals surface area contributed by atoms with Crippen molar-refractivity contribution in [1.29, 1.82) is 0 Å². The van der Waals surface area contributed by atoms with Gasteiger partial charge in [-0.05, 0) is 97.7 Å². The van der Waals surface area contributed by atoms with Gasteiger partial charge in [0.05, 0.1) is 23.8 Å². The van der Waals surface area contributed by atoms with E-state index in [0.29, 0.717) is 71.3 Å². The number of hydrogen-bond donors (Lipinski definition) is 4. The molecule has 0 aliphatic carbocycles. The van der Waals surface area contributed by atoms with Gasteiger partial charge in [-0.1, -0.05) is 53.5 Å². The number of carbonyl (C=O) groups is 3. The Morgan fingerprint density at radius 3 is 1.70 bits per heavy atom. The Kier molecular flexibility index (Phi) is 18.4. The second kappa shape index (κ2) is 23.0. The molecule has 17 nitrogen and oxygen atoms in total. The maximum absolute atomic E-state index is 12.1. The van der Waals surface area contributed by atoms with Crippen LogP contribution in [-0.2, 0) is 20.6 Å². The molecule has 20 heteroatoms. The van der Waals surface area contributed by atoms with Crippen molar-refractivity contribution >= 4 is 81.8 Å². The number of nitrogen functional groups attached to an aromatic ring is 1. The monoisotopic (exact) mass is 943 g/mol. The molecule has 2 fully saturated rings. The normalized spacial score (nSPS) is 14.2. The molecule has 64 heavy (non-hydrogen) atoms. The SMILES string of the molecule is CC(C)(C)OC(=O)N1CCN(c2nc(Cl)ncc2Cl)CC1.CC(C)(C)OC(=O)Nc1ccccc1Cc1ncc(Cl)c(N2CCNCC2)n1.CC(C)(C)OC(=O)Nc1ccccc1N. The van der Waals surface area contributed by atoms with E-state index in [1.807, 2.05) is 70.7 Å². The molecule has 0 saturated carbocycles. The fourth-order valence-electron chi connectivity index (χ4n) is 5.97. The standard InChI is InChI=1S/C20H26ClN5O2.C13H18Cl2N4O2.C11H16N2O2/c1-20(2,3)28-19(27)24-16-7-5-4-6-14(16)12-17-23-13-15(21)18(25-17)26-10-8-22-9-11-26;1-13(2,3)21-12(20)19-6-4-18(5-7-19)10-9(14)8-16-11(15)17-10;1-11(2,3)15-10(14)13-9-7-5-4-6-8(9)12/h4-7,13,22H,8-12H2,1-3H3,(H,24,27);8H,4-7H2,1-3H3;4-7H,12H2,1-3H3,(H,13,14). The zero-order valence-corrected chi connectivity index (χ0v) is 40.2. The van der Waals surface area contributed by atoms with Crippen LogP contribution in [0.15, 0.2) is 60.9 Å². The molecule has 2 aliphatic rings. The molecule has 0 unspecified atom stereocenters. The third-order valence-corrected chi connectivity index (χ3v) is 9.43. The summed E-state index contributed by atoms with van der Waals surface area (Å²) in [4.78, 5) is 58.4. The average Bonchev–Trinajstić information content (AvgIpc) is 3.20. The van der Waals surface area contributed by atoms with E-state index in [4.69, 9.17) is 54.7 Å². The molecule has 2 aliphatic heterocycles. The van der Waals surface area contributed by atoms with E-state index in [-0.39, 0.29) is 11.4 Å². The maximum atomic E-state index is 12.1. The van der Waals surface area contributed by atoms with Crippen LogP contribution in [0.2, 0.25) is 15.3 Å². The topological polar surface area (TPSA) is 202 Å². The van der Waals surface area contributed by atoms with E-state index in [2.05, 4.69) is 40.8 Å². The van der Waals surface area contributed by atoms with Crippen molar-refractivity contribution in [3.05, 3.63) is 87.6 Å². The third-order valence-electron chi connectivity index (χ3n) is 8.72. The van der Waals surface area contributed by atoms with Gasteiger partial charge in [0.15, 0.2) is 11.6 Å². The van der Waals surface area contributed by atoms with Gasteiger partial charge in [0.2, 0.25) is 5.28 Å². The van der Waals surface area contributed by atoms with Crippen LogP contribution in [0.3, 0.4) is 0 Å². The Morgan fingerprint density at radius 1 is 0.656 bits per heavy atom. The van der Waals surface area contributed by atoms with Gasteiger partial charge in [-0.15, -0.1) is 0 Å². The van der Waals surface area contributed by atoms with E-state index in [1.165, 1.54) is 6.20 Å². The number of nitrogens with zero attached hydrogens (tertiary/aromatic N) is 7. The molecule has 0 bridgehead atoms. The molecule has 3 amide bonds. The third kappa shape index (κ3) is 17.7. The minimum absolute atomic E-state index is 0.156. The number of anilines is 5. The zero-order chi connectivity index (χ0) is 47.2. The second-order valence-electron chi connectivity index (χ2n) is 17.6. The van der Waals surface area contributed by atoms with Gasteiger partial charge in [0.25, 0.3) is 0 Å². The Balaban J connectivity index is 0.000000221. The summed E-state index contributed by atoms with van der Waals surface area (Å²) >= 11 is 18.2. The fourth-order valence-corrected chi connectivity index (χ4v) is 6.52. The second-order valence-corrected chi connectivity index (χ2v) is 18.8. The van der Waals surface area contributed by atoms with Crippen molar-refractivity contribution in [1.82, 2.24) is 30.2 Å². The molecule has 2 saturated heterocycles. The molecular weight excluding hydrogens is 885 g/mol. The van der Waals surface area contributed by atoms with Crippen LogP contribution in [0, 0.1) is 0 Å². The number of para-hydroxylation sites is 3. The van der Waals surface area contributed by atoms with Crippen LogP contribution in [0.1, 0.15) is 73.7 Å². The van der Waals surface area contributed by atoms with E-state index in [1.54, 1.807) is 56.1 Å². The molecule has 6 rings (SSSR count). The lowest BCUT2D eigenvalue weighted by Crippen LogP contribution is -2.50. The molecule has 0 radical (unpaired) electrons. The number of piperazine rings is 2. The summed E-state index contributed by atoms with van der Waals surface area (Å²) in [5, 5.41) is 9.87. The highest BCUT2D eigenvalue weighted by Gasteiger charge is 2.27. The molecule has 5 N–H and O–H groups in total. The Labute approximate surface area is 390 Å². The van der Waals surface area contributed by atoms with Crippen molar-refractivity contribution < 1.29 is 28.6 Å². The first-order valence-electron chi connectivity index (χ1n) is 20.8. The number of nitrogens with one attached hydrogen (secondary N) is 3. The highest BCUT2D eigenvalue weighted by atomic mass is 35.5. The van der Waals surface area contributed by atoms with Gasteiger partial charge in [0, 0.05) is 64.5 Å². The number of nitrogens with two attached hydrogens (primary N) is 1. The summed E-state index contributed by atoms with van der Waals surface area (Å²) in [7, 11) is 0. The predicted molar refractivity (Wildman–Crippen MR) is 254 cm³/mol. The predicted octanol–water partition coefficient (Wildman–Crippen LogP) is 8.93. The van der Waals surface area contributed by atoms with Crippen LogP contribution in [-0.4, -0.2) is 112 Å². The quantitative estimate of drug-likeness (QED) is 0.0811. The van der Waals surface area contributed by atoms with Crippen LogP contribution < -0.4 is 31.5 Å². The largest absolute Gasteiger partial charge is 0.444 e. The molecule has 348 valence electrons. The van der Waals surface area contributed by atoms with Crippen LogP contribution in [0.5, 0.6) is 0 Å². The highest BCUT2D eigenvalue weighted by molar-refractivity contribution is 6.33. The van der Waals surface area contributed by atoms with Gasteiger partial charge in [-0.3, -0.25) is 10.6 Å². The number of carbonyl (C=O) groups excluding carboxylic acids is 3. The molecule has 2 aromatic heterocycles. The molecular formula is C44H60Cl3N11O6. The van der Waals surface area contributed by atoms with Crippen molar-refractivity contribution in [3.63, 3.8) is 0 Å². The van der Waals surface area contributed by atoms with Gasteiger partial charge >= 0.3 is 18.3 Å². The summed E-state index contributed by atoms with van der Waals surface area (Å²) < 4.78 is 15.8. The summed E-state index contributed by atoms with van der Waals surface area (Å²) in [5.74, 6) is 2.00. The molecule has 0 spiro atoms. The number of rotatable bonds is 6. The van der Waals surface area contributed by atoms with Gasteiger partial charge < -0.3 is 40.0 Å². The molecule has 4 aromatic rings. The van der Waals surface area contributed by atoms with Gasteiger partial charge in [0.1, 0.15) is 32.7 Å². The molecule has 4 heterocycles. The first-order valence-corrected chi connectivity index (χ1v) is 21.9. The number of hydrogen-bond acceptors (Lipinski definition) is 14. The fraction of sp³-hybridized carbons (Fsp3) is 0.477. The van der Waals surface area contributed by atoms with E-state index in [9.17, 15) is 14.4 Å².